The van der Waals surface area contributed by atoms with Crippen molar-refractivity contribution in [1.82, 2.24) is 5.16 Å². The SMILES string of the molecule is CC(C)(C)OC(=O)N(c1ccccc1)S(=O)(=O)c1no[n+]([O-])c1S(=O)(=O)N(C(=O)OC(C)(C)C)c1ccccc1. The second-order valence-corrected chi connectivity index (χ2v) is 13.6. The van der Waals surface area contributed by atoms with E-state index in [1.54, 1.807) is 6.07 Å². The van der Waals surface area contributed by atoms with Gasteiger partial charge in [-0.3, -0.25) is 4.63 Å². The lowest BCUT2D eigenvalue weighted by molar-refractivity contribution is -0.832. The van der Waals surface area contributed by atoms with Gasteiger partial charge in [-0.2, -0.15) is 25.4 Å². The molecule has 0 aliphatic carbocycles. The predicted octanol–water partition coefficient (Wildman–Crippen LogP) is 3.57. The Morgan fingerprint density at radius 2 is 1.12 bits per heavy atom. The van der Waals surface area contributed by atoms with Crippen LogP contribution in [-0.2, 0) is 29.5 Å². The number of anilines is 2. The molecule has 0 unspecified atom stereocenters. The summed E-state index contributed by atoms with van der Waals surface area (Å²) in [6.45, 7) is 8.87. The molecule has 216 valence electrons. The van der Waals surface area contributed by atoms with Gasteiger partial charge < -0.3 is 14.7 Å². The van der Waals surface area contributed by atoms with Crippen LogP contribution in [0.1, 0.15) is 41.5 Å². The lowest BCUT2D eigenvalue weighted by Gasteiger charge is -2.27. The minimum atomic E-state index is -5.41. The smallest absolute Gasteiger partial charge is 0.429 e. The van der Waals surface area contributed by atoms with E-state index >= 15 is 0 Å². The van der Waals surface area contributed by atoms with Gasteiger partial charge in [0.2, 0.25) is 0 Å². The molecule has 1 heterocycles. The quantitative estimate of drug-likeness (QED) is 0.380. The van der Waals surface area contributed by atoms with Crippen LogP contribution in [-0.4, -0.2) is 45.4 Å². The Morgan fingerprint density at radius 3 is 1.50 bits per heavy atom. The maximum Gasteiger partial charge on any atom is 0.429 e. The average molecular weight is 597 g/mol. The van der Waals surface area contributed by atoms with Crippen molar-refractivity contribution in [2.24, 2.45) is 0 Å². The predicted molar refractivity (Wildman–Crippen MR) is 140 cm³/mol. The number of aromatic nitrogens is 2. The summed E-state index contributed by atoms with van der Waals surface area (Å²) in [5, 5.41) is 12.8. The number of benzene rings is 2. The molecule has 3 aromatic rings. The Bertz CT molecular complexity index is 1590. The molecule has 0 spiro atoms. The summed E-state index contributed by atoms with van der Waals surface area (Å²) in [7, 11) is -10.7. The van der Waals surface area contributed by atoms with Gasteiger partial charge in [0.25, 0.3) is 0 Å². The fourth-order valence-corrected chi connectivity index (χ4v) is 6.33. The molecule has 40 heavy (non-hydrogen) atoms. The van der Waals surface area contributed by atoms with Gasteiger partial charge in [-0.1, -0.05) is 36.4 Å². The summed E-state index contributed by atoms with van der Waals surface area (Å²) in [5.74, 6) is 0. The van der Waals surface area contributed by atoms with Gasteiger partial charge in [-0.15, -0.1) is 0 Å². The largest absolute Gasteiger partial charge is 0.443 e. The molecule has 3 rings (SSSR count). The zero-order chi connectivity index (χ0) is 30.1. The van der Waals surface area contributed by atoms with E-state index in [-0.39, 0.29) is 20.0 Å². The highest BCUT2D eigenvalue weighted by atomic mass is 32.2. The summed E-state index contributed by atoms with van der Waals surface area (Å²) >= 11 is 0. The normalized spacial score (nSPS) is 12.4. The van der Waals surface area contributed by atoms with E-state index in [0.29, 0.717) is 0 Å². The molecule has 16 heteroatoms. The van der Waals surface area contributed by atoms with Crippen molar-refractivity contribution < 1.29 is 45.4 Å². The molecule has 2 aromatic carbocycles. The first-order chi connectivity index (χ1) is 18.4. The third-order valence-corrected chi connectivity index (χ3v) is 8.01. The van der Waals surface area contributed by atoms with E-state index in [1.165, 1.54) is 96.1 Å². The zero-order valence-corrected chi connectivity index (χ0v) is 24.1. The number of carbonyl (C=O) groups is 2. The van der Waals surface area contributed by atoms with Crippen molar-refractivity contribution in [3.8, 4) is 0 Å². The Hall–Kier alpha value is -4.18. The molecular weight excluding hydrogens is 568 g/mol. The monoisotopic (exact) mass is 596 g/mol. The number of ether oxygens (including phenoxy) is 2. The highest BCUT2D eigenvalue weighted by Gasteiger charge is 2.50. The number of carbonyl (C=O) groups excluding carboxylic acids is 2. The average Bonchev–Trinajstić information content (AvgIpc) is 3.21. The van der Waals surface area contributed by atoms with Crippen molar-refractivity contribution in [3.63, 3.8) is 0 Å². The third kappa shape index (κ3) is 6.51. The van der Waals surface area contributed by atoms with Gasteiger partial charge in [-0.05, 0) is 70.7 Å². The summed E-state index contributed by atoms with van der Waals surface area (Å²) in [6.07, 6.45) is -2.87. The lowest BCUT2D eigenvalue weighted by Crippen LogP contribution is -2.46. The Kier molecular flexibility index (Phi) is 8.17. The number of hydrogen-bond acceptors (Lipinski definition) is 11. The number of rotatable bonds is 6. The molecule has 0 aliphatic rings. The molecule has 0 atom stereocenters. The Morgan fingerprint density at radius 1 is 0.750 bits per heavy atom. The van der Waals surface area contributed by atoms with Gasteiger partial charge >= 0.3 is 42.3 Å². The number of amides is 2. The second-order valence-electron chi connectivity index (χ2n) is 10.2. The number of sulfonamides is 2. The molecule has 1 aromatic heterocycles. The fraction of sp³-hybridized carbons (Fsp3) is 0.333. The van der Waals surface area contributed by atoms with E-state index in [9.17, 15) is 31.6 Å². The van der Waals surface area contributed by atoms with Crippen LogP contribution in [0.3, 0.4) is 0 Å². The third-order valence-electron chi connectivity index (χ3n) is 4.62. The summed E-state index contributed by atoms with van der Waals surface area (Å²) in [6, 6.07) is 13.6. The van der Waals surface area contributed by atoms with Crippen LogP contribution in [0.2, 0.25) is 0 Å². The first-order valence-corrected chi connectivity index (χ1v) is 14.5. The number of para-hydroxylation sites is 2. The summed E-state index contributed by atoms with van der Waals surface area (Å²) in [4.78, 5) is 25.5. The zero-order valence-electron chi connectivity index (χ0n) is 22.5. The molecule has 2 amide bonds. The van der Waals surface area contributed by atoms with Crippen LogP contribution in [0, 0.1) is 5.21 Å². The maximum absolute atomic E-state index is 13.9. The minimum Gasteiger partial charge on any atom is -0.443 e. The first kappa shape index (κ1) is 30.4. The van der Waals surface area contributed by atoms with Crippen LogP contribution in [0.5, 0.6) is 0 Å². The van der Waals surface area contributed by atoms with Crippen molar-refractivity contribution in [3.05, 3.63) is 65.9 Å². The van der Waals surface area contributed by atoms with Gasteiger partial charge in [0.05, 0.1) is 16.5 Å². The van der Waals surface area contributed by atoms with E-state index in [1.807, 2.05) is 0 Å². The van der Waals surface area contributed by atoms with Gasteiger partial charge in [0.15, 0.2) is 0 Å². The van der Waals surface area contributed by atoms with Crippen LogP contribution >= 0.6 is 0 Å². The summed E-state index contributed by atoms with van der Waals surface area (Å²) < 4.78 is 70.5. The standard InChI is InChI=1S/C24H28N4O10S2/c1-23(2,3)36-21(29)26(17-13-9-7-10-14-17)39(32,33)19-20(28(31)38-25-19)40(34,35)27(18-15-11-8-12-16-18)22(30)37-24(4,5)6/h7-16H,1-6H3. The lowest BCUT2D eigenvalue weighted by atomic mass is 10.2. The Labute approximate surface area is 231 Å². The van der Waals surface area contributed by atoms with E-state index in [2.05, 4.69) is 9.79 Å². The number of nitrogens with zero attached hydrogens (tertiary/aromatic N) is 4. The minimum absolute atomic E-state index is 0.0958. The molecule has 0 bridgehead atoms. The van der Waals surface area contributed by atoms with Crippen molar-refractivity contribution in [2.75, 3.05) is 8.61 Å². The van der Waals surface area contributed by atoms with Crippen LogP contribution in [0.4, 0.5) is 21.0 Å². The van der Waals surface area contributed by atoms with Crippen molar-refractivity contribution >= 4 is 43.6 Å². The molecule has 0 radical (unpaired) electrons. The molecular formula is C24H28N4O10S2. The molecule has 0 N–H and O–H groups in total. The maximum atomic E-state index is 13.9. The molecule has 14 nitrogen and oxygen atoms in total. The first-order valence-electron chi connectivity index (χ1n) is 11.6. The Balaban J connectivity index is 2.27. The highest BCUT2D eigenvalue weighted by Crippen LogP contribution is 2.31. The van der Waals surface area contributed by atoms with Crippen molar-refractivity contribution in [2.45, 2.75) is 62.8 Å². The van der Waals surface area contributed by atoms with Crippen LogP contribution in [0.25, 0.3) is 0 Å². The molecule has 0 saturated heterocycles. The molecule has 0 saturated carbocycles. The molecule has 0 aliphatic heterocycles. The van der Waals surface area contributed by atoms with Crippen molar-refractivity contribution in [1.29, 1.82) is 0 Å². The van der Waals surface area contributed by atoms with Crippen LogP contribution in [0.15, 0.2) is 75.3 Å². The second kappa shape index (κ2) is 10.8. The topological polar surface area (TPSA) is 180 Å². The van der Waals surface area contributed by atoms with Gasteiger partial charge in [-0.25, -0.2) is 9.59 Å². The van der Waals surface area contributed by atoms with E-state index in [4.69, 9.17) is 9.47 Å². The number of hydrogen-bond donors (Lipinski definition) is 0. The highest BCUT2D eigenvalue weighted by molar-refractivity contribution is 7.96. The van der Waals surface area contributed by atoms with Gasteiger partial charge in [0.1, 0.15) is 11.2 Å². The van der Waals surface area contributed by atoms with E-state index < -0.39 is 58.4 Å². The van der Waals surface area contributed by atoms with Crippen LogP contribution < -0.4 is 13.5 Å². The molecule has 0 fully saturated rings. The fourth-order valence-electron chi connectivity index (χ4n) is 3.18. The van der Waals surface area contributed by atoms with E-state index in [0.717, 1.165) is 0 Å². The summed E-state index contributed by atoms with van der Waals surface area (Å²) in [5.41, 5.74) is -2.89. The van der Waals surface area contributed by atoms with Gasteiger partial charge in [0, 0.05) is 0 Å².